The van der Waals surface area contributed by atoms with Gasteiger partial charge in [-0.1, -0.05) is 42.1 Å². The molecule has 3 aromatic rings. The molecule has 0 fully saturated rings. The van der Waals surface area contributed by atoms with Crippen molar-refractivity contribution in [3.63, 3.8) is 0 Å². The van der Waals surface area contributed by atoms with E-state index in [0.29, 0.717) is 5.69 Å². The molecule has 0 aromatic heterocycles. The molecule has 29 heavy (non-hydrogen) atoms. The van der Waals surface area contributed by atoms with Gasteiger partial charge in [-0.15, -0.1) is 0 Å². The summed E-state index contributed by atoms with van der Waals surface area (Å²) in [6.45, 7) is 6.04. The second-order valence-corrected chi connectivity index (χ2v) is 11.2. The van der Waals surface area contributed by atoms with Crippen LogP contribution in [0.2, 0.25) is 0 Å². The zero-order valence-electron chi connectivity index (χ0n) is 17.0. The van der Waals surface area contributed by atoms with E-state index in [2.05, 4.69) is 16.9 Å². The maximum Gasteiger partial charge on any atom is 0.166 e. The van der Waals surface area contributed by atoms with Gasteiger partial charge in [0.25, 0.3) is 0 Å². The number of ether oxygens (including phenoxy) is 1. The molecule has 3 aromatic carbocycles. The Bertz CT molecular complexity index is 1060. The zero-order chi connectivity index (χ0) is 21.1. The van der Waals surface area contributed by atoms with Crippen molar-refractivity contribution in [2.75, 3.05) is 6.26 Å². The van der Waals surface area contributed by atoms with E-state index in [1.807, 2.05) is 75.4 Å². The van der Waals surface area contributed by atoms with Crippen LogP contribution in [0.5, 0.6) is 5.75 Å². The minimum atomic E-state index is -3.52. The van der Waals surface area contributed by atoms with Crippen molar-refractivity contribution in [2.45, 2.75) is 41.1 Å². The highest BCUT2D eigenvalue weighted by Gasteiger charge is 2.29. The maximum absolute atomic E-state index is 11.8. The SMILES string of the molecule is CC(C)(C)Oc1ccc([S+](c2ccccc2)c2ccccc2[N-]S(C)(=O)=O)cc1. The summed E-state index contributed by atoms with van der Waals surface area (Å²) in [6.07, 6.45) is 1.11. The average molecular weight is 428 g/mol. The molecule has 0 radical (unpaired) electrons. The standard InChI is InChI=1S/C23H25NO3S2/c1-23(2,3)27-18-14-16-20(17-15-18)28(19-10-6-5-7-11-19)22-13-9-8-12-21(22)24-29(4,25)26/h5-17H,1-4H3. The van der Waals surface area contributed by atoms with Gasteiger partial charge in [0.05, 0.1) is 20.9 Å². The molecule has 6 heteroatoms. The molecule has 0 aliphatic carbocycles. The molecule has 1 atom stereocenters. The summed E-state index contributed by atoms with van der Waals surface area (Å²) in [5, 5.41) is 0. The van der Waals surface area contributed by atoms with Crippen molar-refractivity contribution >= 4 is 26.6 Å². The van der Waals surface area contributed by atoms with Gasteiger partial charge in [0.15, 0.2) is 14.7 Å². The zero-order valence-corrected chi connectivity index (χ0v) is 18.6. The van der Waals surface area contributed by atoms with Crippen molar-refractivity contribution in [3.05, 3.63) is 83.6 Å². The highest BCUT2D eigenvalue weighted by atomic mass is 32.2. The van der Waals surface area contributed by atoms with Gasteiger partial charge in [-0.05, 0) is 63.2 Å². The molecule has 0 aliphatic heterocycles. The van der Waals surface area contributed by atoms with Crippen LogP contribution in [-0.4, -0.2) is 20.3 Å². The first-order chi connectivity index (χ1) is 13.6. The highest BCUT2D eigenvalue weighted by Crippen LogP contribution is 2.39. The van der Waals surface area contributed by atoms with Crippen LogP contribution in [0.3, 0.4) is 0 Å². The third-order valence-corrected chi connectivity index (χ3v) is 6.61. The van der Waals surface area contributed by atoms with Gasteiger partial charge in [0.1, 0.15) is 11.4 Å². The number of nitrogens with zero attached hydrogens (tertiary/aromatic N) is 1. The largest absolute Gasteiger partial charge is 0.573 e. The second-order valence-electron chi connectivity index (χ2n) is 7.60. The van der Waals surface area contributed by atoms with E-state index in [9.17, 15) is 8.42 Å². The third-order valence-electron chi connectivity index (χ3n) is 3.81. The van der Waals surface area contributed by atoms with Crippen LogP contribution < -0.4 is 4.74 Å². The van der Waals surface area contributed by atoms with Crippen LogP contribution in [0, 0.1) is 0 Å². The molecule has 0 bridgehead atoms. The Morgan fingerprint density at radius 2 is 1.34 bits per heavy atom. The summed E-state index contributed by atoms with van der Waals surface area (Å²) in [7, 11) is -4.02. The minimum absolute atomic E-state index is 0.274. The molecule has 0 aliphatic rings. The number of benzene rings is 3. The van der Waals surface area contributed by atoms with Gasteiger partial charge in [-0.3, -0.25) is 0 Å². The lowest BCUT2D eigenvalue weighted by atomic mass is 10.2. The van der Waals surface area contributed by atoms with E-state index in [1.165, 1.54) is 0 Å². The fourth-order valence-corrected chi connectivity index (χ4v) is 5.56. The Hall–Kier alpha value is -2.44. The third kappa shape index (κ3) is 6.02. The summed E-state index contributed by atoms with van der Waals surface area (Å²) in [5.74, 6) is 0.798. The number of rotatable bonds is 6. The van der Waals surface area contributed by atoms with Crippen LogP contribution in [0.15, 0.2) is 93.5 Å². The molecule has 152 valence electrons. The normalized spacial score (nSPS) is 13.0. The fraction of sp³-hybridized carbons (Fsp3) is 0.217. The Morgan fingerprint density at radius 3 is 1.93 bits per heavy atom. The van der Waals surface area contributed by atoms with Crippen molar-refractivity contribution in [2.24, 2.45) is 0 Å². The second kappa shape index (κ2) is 8.51. The minimum Gasteiger partial charge on any atom is -0.573 e. The molecule has 0 N–H and O–H groups in total. The molecule has 0 amide bonds. The Balaban J connectivity index is 2.09. The van der Waals surface area contributed by atoms with E-state index < -0.39 is 20.9 Å². The van der Waals surface area contributed by atoms with Crippen LogP contribution >= 0.6 is 0 Å². The molecular weight excluding hydrogens is 402 g/mol. The van der Waals surface area contributed by atoms with Gasteiger partial charge in [-0.25, -0.2) is 8.42 Å². The van der Waals surface area contributed by atoms with E-state index in [-0.39, 0.29) is 5.60 Å². The van der Waals surface area contributed by atoms with Crippen LogP contribution in [-0.2, 0) is 20.9 Å². The molecule has 0 spiro atoms. The first-order valence-electron chi connectivity index (χ1n) is 9.23. The summed E-state index contributed by atoms with van der Waals surface area (Å²) >= 11 is 0. The quantitative estimate of drug-likeness (QED) is 0.459. The van der Waals surface area contributed by atoms with Crippen molar-refractivity contribution < 1.29 is 13.2 Å². The highest BCUT2D eigenvalue weighted by molar-refractivity contribution is 7.97. The number of hydrogen-bond donors (Lipinski definition) is 0. The predicted molar refractivity (Wildman–Crippen MR) is 120 cm³/mol. The average Bonchev–Trinajstić information content (AvgIpc) is 2.63. The maximum atomic E-state index is 11.8. The lowest BCUT2D eigenvalue weighted by Crippen LogP contribution is -2.22. The summed E-state index contributed by atoms with van der Waals surface area (Å²) < 4.78 is 33.6. The van der Waals surface area contributed by atoms with Crippen molar-refractivity contribution in [3.8, 4) is 5.75 Å². The van der Waals surface area contributed by atoms with Gasteiger partial charge < -0.3 is 9.46 Å². The Kier molecular flexibility index (Phi) is 6.24. The summed E-state index contributed by atoms with van der Waals surface area (Å²) in [5.41, 5.74) is 0.195. The molecule has 0 saturated heterocycles. The summed E-state index contributed by atoms with van der Waals surface area (Å²) in [4.78, 5) is 3.02. The lowest BCUT2D eigenvalue weighted by Gasteiger charge is -2.22. The Morgan fingerprint density at radius 1 is 0.793 bits per heavy atom. The van der Waals surface area contributed by atoms with Gasteiger partial charge >= 0.3 is 0 Å². The molecule has 0 saturated carbocycles. The smallest absolute Gasteiger partial charge is 0.166 e. The first kappa shape index (κ1) is 21.3. The molecular formula is C23H25NO3S2. The molecule has 1 unspecified atom stereocenters. The van der Waals surface area contributed by atoms with Crippen LogP contribution in [0.25, 0.3) is 4.72 Å². The van der Waals surface area contributed by atoms with Gasteiger partial charge in [-0.2, -0.15) is 0 Å². The molecule has 0 heterocycles. The van der Waals surface area contributed by atoms with Crippen molar-refractivity contribution in [1.29, 1.82) is 0 Å². The lowest BCUT2D eigenvalue weighted by molar-refractivity contribution is 0.131. The van der Waals surface area contributed by atoms with Gasteiger partial charge in [0, 0.05) is 6.26 Å². The van der Waals surface area contributed by atoms with Crippen molar-refractivity contribution in [1.82, 2.24) is 0 Å². The van der Waals surface area contributed by atoms with E-state index in [0.717, 1.165) is 26.7 Å². The monoisotopic (exact) mass is 427 g/mol. The molecule has 3 rings (SSSR count). The number of hydrogen-bond acceptors (Lipinski definition) is 3. The van der Waals surface area contributed by atoms with Crippen LogP contribution in [0.4, 0.5) is 5.69 Å². The Labute approximate surface area is 176 Å². The van der Waals surface area contributed by atoms with E-state index in [4.69, 9.17) is 4.74 Å². The van der Waals surface area contributed by atoms with E-state index >= 15 is 0 Å². The fourth-order valence-electron chi connectivity index (χ4n) is 2.83. The first-order valence-corrected chi connectivity index (χ1v) is 12.3. The van der Waals surface area contributed by atoms with Gasteiger partial charge in [0.2, 0.25) is 0 Å². The summed E-state index contributed by atoms with van der Waals surface area (Å²) in [6, 6.07) is 25.5. The number of sulfonamides is 1. The topological polar surface area (TPSA) is 57.5 Å². The molecule has 4 nitrogen and oxygen atoms in total. The predicted octanol–water partition coefficient (Wildman–Crippen LogP) is 5.92. The van der Waals surface area contributed by atoms with E-state index in [1.54, 1.807) is 12.1 Å². The van der Waals surface area contributed by atoms with Crippen LogP contribution in [0.1, 0.15) is 20.8 Å².